The number of nitrogens with zero attached hydrogens (tertiary/aromatic N) is 1. The van der Waals surface area contributed by atoms with E-state index < -0.39 is 0 Å². The van der Waals surface area contributed by atoms with E-state index in [1.807, 2.05) is 13.8 Å². The Bertz CT molecular complexity index is 458. The third-order valence-corrected chi connectivity index (χ3v) is 4.47. The van der Waals surface area contributed by atoms with E-state index in [1.165, 1.54) is 0 Å². The van der Waals surface area contributed by atoms with Crippen LogP contribution in [0, 0.1) is 13.8 Å². The maximum atomic E-state index is 12.4. The lowest BCUT2D eigenvalue weighted by atomic mass is 9.86. The van der Waals surface area contributed by atoms with E-state index in [9.17, 15) is 4.79 Å². The molecule has 0 aliphatic carbocycles. The maximum absolute atomic E-state index is 12.4. The molecule has 2 heterocycles. The quantitative estimate of drug-likeness (QED) is 0.890. The van der Waals surface area contributed by atoms with E-state index in [0.29, 0.717) is 5.56 Å². The van der Waals surface area contributed by atoms with Crippen LogP contribution in [0.4, 0.5) is 0 Å². The van der Waals surface area contributed by atoms with E-state index in [-0.39, 0.29) is 17.6 Å². The van der Waals surface area contributed by atoms with Crippen molar-refractivity contribution in [3.8, 4) is 0 Å². The van der Waals surface area contributed by atoms with Crippen LogP contribution < -0.4 is 5.32 Å². The highest BCUT2D eigenvalue weighted by Crippen LogP contribution is 2.31. The monoisotopic (exact) mass is 279 g/mol. The van der Waals surface area contributed by atoms with Crippen LogP contribution in [-0.2, 0) is 4.74 Å². The van der Waals surface area contributed by atoms with Crippen molar-refractivity contribution >= 4 is 5.91 Å². The van der Waals surface area contributed by atoms with Crippen molar-refractivity contribution in [1.29, 1.82) is 0 Å². The second-order valence-electron chi connectivity index (χ2n) is 5.71. The Morgan fingerprint density at radius 3 is 2.70 bits per heavy atom. The zero-order valence-corrected chi connectivity index (χ0v) is 12.9. The van der Waals surface area contributed by atoms with Gasteiger partial charge in [-0.2, -0.15) is 5.10 Å². The number of aryl methyl sites for hydroxylation is 2. The normalized spacial score (nSPS) is 21.7. The van der Waals surface area contributed by atoms with Crippen LogP contribution in [0.15, 0.2) is 0 Å². The maximum Gasteiger partial charge on any atom is 0.255 e. The molecule has 0 spiro atoms. The fraction of sp³-hybridized carbons (Fsp3) is 0.733. The lowest BCUT2D eigenvalue weighted by Gasteiger charge is -2.40. The largest absolute Gasteiger partial charge is 0.375 e. The van der Waals surface area contributed by atoms with Crippen LogP contribution in [0.3, 0.4) is 0 Å². The average Bonchev–Trinajstić information content (AvgIpc) is 2.78. The van der Waals surface area contributed by atoms with Crippen LogP contribution in [-0.4, -0.2) is 34.4 Å². The molecule has 112 valence electrons. The van der Waals surface area contributed by atoms with Crippen molar-refractivity contribution in [1.82, 2.24) is 15.5 Å². The van der Waals surface area contributed by atoms with Gasteiger partial charge in [-0.25, -0.2) is 0 Å². The highest BCUT2D eigenvalue weighted by atomic mass is 16.5. The Balaban J connectivity index is 2.05. The number of aromatic amines is 1. The Labute approximate surface area is 120 Å². The first-order valence-electron chi connectivity index (χ1n) is 7.47. The number of H-pyrrole nitrogens is 1. The van der Waals surface area contributed by atoms with Crippen molar-refractivity contribution in [3.63, 3.8) is 0 Å². The average molecular weight is 279 g/mol. The highest BCUT2D eigenvalue weighted by molar-refractivity contribution is 5.96. The van der Waals surface area contributed by atoms with Gasteiger partial charge in [-0.15, -0.1) is 0 Å². The van der Waals surface area contributed by atoms with Crippen molar-refractivity contribution < 1.29 is 9.53 Å². The summed E-state index contributed by atoms with van der Waals surface area (Å²) in [5.74, 6) is -0.0262. The Morgan fingerprint density at radius 1 is 1.45 bits per heavy atom. The molecular weight excluding hydrogens is 254 g/mol. The Hall–Kier alpha value is -1.36. The first kappa shape index (κ1) is 15.0. The molecule has 1 aromatic heterocycles. The van der Waals surface area contributed by atoms with Crippen LogP contribution in [0.5, 0.6) is 0 Å². The molecule has 1 amide bonds. The number of carbonyl (C=O) groups excluding carboxylic acids is 1. The molecule has 1 aliphatic heterocycles. The molecule has 2 rings (SSSR count). The smallest absolute Gasteiger partial charge is 0.255 e. The lowest BCUT2D eigenvalue weighted by Crippen LogP contribution is -2.48. The van der Waals surface area contributed by atoms with Gasteiger partial charge in [-0.1, -0.05) is 13.8 Å². The molecule has 20 heavy (non-hydrogen) atoms. The zero-order chi connectivity index (χ0) is 14.8. The first-order chi connectivity index (χ1) is 9.51. The summed E-state index contributed by atoms with van der Waals surface area (Å²) in [6, 6.07) is 0.185. The minimum absolute atomic E-state index is 0.0262. The molecule has 0 saturated carbocycles. The molecular formula is C15H25N3O2. The minimum Gasteiger partial charge on any atom is -0.375 e. The number of hydrogen-bond donors (Lipinski definition) is 2. The predicted octanol–water partition coefficient (Wildman–Crippen LogP) is 2.49. The Morgan fingerprint density at radius 2 is 2.15 bits per heavy atom. The summed E-state index contributed by atoms with van der Waals surface area (Å²) in [6.45, 7) is 8.75. The van der Waals surface area contributed by atoms with E-state index in [2.05, 4.69) is 29.4 Å². The molecule has 1 saturated heterocycles. The van der Waals surface area contributed by atoms with E-state index in [4.69, 9.17) is 4.74 Å². The lowest BCUT2D eigenvalue weighted by molar-refractivity contribution is -0.0917. The SMILES string of the molecule is CCC1(CC)CC(NC(=O)c2c(C)n[nH]c2C)CCO1. The van der Waals surface area contributed by atoms with E-state index in [1.54, 1.807) is 0 Å². The third-order valence-electron chi connectivity index (χ3n) is 4.47. The fourth-order valence-corrected chi connectivity index (χ4v) is 3.04. The van der Waals surface area contributed by atoms with E-state index in [0.717, 1.165) is 43.7 Å². The molecule has 5 heteroatoms. The van der Waals surface area contributed by atoms with Gasteiger partial charge in [-0.05, 0) is 39.5 Å². The van der Waals surface area contributed by atoms with Crippen LogP contribution in [0.25, 0.3) is 0 Å². The van der Waals surface area contributed by atoms with Gasteiger partial charge >= 0.3 is 0 Å². The number of ether oxygens (including phenoxy) is 1. The zero-order valence-electron chi connectivity index (χ0n) is 12.9. The topological polar surface area (TPSA) is 67.0 Å². The van der Waals surface area contributed by atoms with E-state index >= 15 is 0 Å². The molecule has 1 atom stereocenters. The summed E-state index contributed by atoms with van der Waals surface area (Å²) >= 11 is 0. The number of carbonyl (C=O) groups is 1. The summed E-state index contributed by atoms with van der Waals surface area (Å²) in [6.07, 6.45) is 3.74. The number of nitrogens with one attached hydrogen (secondary N) is 2. The fourth-order valence-electron chi connectivity index (χ4n) is 3.04. The number of aromatic nitrogens is 2. The minimum atomic E-state index is -0.0727. The van der Waals surface area contributed by atoms with Crippen molar-refractivity contribution in [2.24, 2.45) is 0 Å². The van der Waals surface area contributed by atoms with Crippen LogP contribution >= 0.6 is 0 Å². The third kappa shape index (κ3) is 2.87. The van der Waals surface area contributed by atoms with Gasteiger partial charge in [0.2, 0.25) is 0 Å². The number of hydrogen-bond acceptors (Lipinski definition) is 3. The van der Waals surface area contributed by atoms with Gasteiger partial charge in [-0.3, -0.25) is 9.89 Å². The summed E-state index contributed by atoms with van der Waals surface area (Å²) in [7, 11) is 0. The van der Waals surface area contributed by atoms with Gasteiger partial charge in [0.1, 0.15) is 0 Å². The summed E-state index contributed by atoms with van der Waals surface area (Å²) < 4.78 is 5.94. The summed E-state index contributed by atoms with van der Waals surface area (Å²) in [4.78, 5) is 12.4. The van der Waals surface area contributed by atoms with Crippen molar-refractivity contribution in [3.05, 3.63) is 17.0 Å². The van der Waals surface area contributed by atoms with Gasteiger partial charge in [0.25, 0.3) is 5.91 Å². The predicted molar refractivity (Wildman–Crippen MR) is 77.8 cm³/mol. The van der Waals surface area contributed by atoms with Gasteiger partial charge < -0.3 is 10.1 Å². The van der Waals surface area contributed by atoms with Gasteiger partial charge in [0.15, 0.2) is 0 Å². The standard InChI is InChI=1S/C15H25N3O2/c1-5-15(6-2)9-12(7-8-20-15)16-14(19)13-10(3)17-18-11(13)4/h12H,5-9H2,1-4H3,(H,16,19)(H,17,18). The second-order valence-corrected chi connectivity index (χ2v) is 5.71. The highest BCUT2D eigenvalue weighted by Gasteiger charge is 2.35. The molecule has 0 radical (unpaired) electrons. The second kappa shape index (κ2) is 5.95. The molecule has 1 unspecified atom stereocenters. The van der Waals surface area contributed by atoms with Crippen LogP contribution in [0.1, 0.15) is 61.3 Å². The van der Waals surface area contributed by atoms with Gasteiger partial charge in [0.05, 0.1) is 16.9 Å². The molecule has 0 aromatic carbocycles. The summed E-state index contributed by atoms with van der Waals surface area (Å²) in [5, 5.41) is 10.1. The number of rotatable bonds is 4. The molecule has 0 bridgehead atoms. The van der Waals surface area contributed by atoms with Crippen molar-refractivity contribution in [2.75, 3.05) is 6.61 Å². The van der Waals surface area contributed by atoms with Gasteiger partial charge in [0, 0.05) is 18.3 Å². The Kier molecular flexibility index (Phi) is 4.48. The summed E-state index contributed by atoms with van der Waals surface area (Å²) in [5.41, 5.74) is 2.18. The molecule has 5 nitrogen and oxygen atoms in total. The first-order valence-corrected chi connectivity index (χ1v) is 7.47. The van der Waals surface area contributed by atoms with Crippen LogP contribution in [0.2, 0.25) is 0 Å². The number of amides is 1. The molecule has 2 N–H and O–H groups in total. The molecule has 1 fully saturated rings. The van der Waals surface area contributed by atoms with Crippen molar-refractivity contribution in [2.45, 2.75) is 65.0 Å². The molecule has 1 aliphatic rings. The molecule has 1 aromatic rings.